The summed E-state index contributed by atoms with van der Waals surface area (Å²) in [6, 6.07) is 25.2. The van der Waals surface area contributed by atoms with E-state index in [0.29, 0.717) is 11.6 Å². The van der Waals surface area contributed by atoms with E-state index in [0.717, 1.165) is 33.3 Å². The average molecular weight is 407 g/mol. The molecule has 0 unspecified atom stereocenters. The summed E-state index contributed by atoms with van der Waals surface area (Å²) < 4.78 is 6.36. The molecule has 3 heteroatoms. The Hall–Kier alpha value is -3.46. The molecular weight excluding hydrogens is 380 g/mol. The fourth-order valence-corrected chi connectivity index (χ4v) is 4.18. The zero-order chi connectivity index (χ0) is 21.6. The molecule has 0 radical (unpaired) electrons. The first-order valence-electron chi connectivity index (χ1n) is 10.8. The highest BCUT2D eigenvalue weighted by atomic mass is 16.3. The van der Waals surface area contributed by atoms with Gasteiger partial charge >= 0.3 is 0 Å². The molecule has 5 aromatic rings. The molecule has 0 N–H and O–H groups in total. The van der Waals surface area contributed by atoms with Crippen LogP contribution in [0.3, 0.4) is 0 Å². The van der Waals surface area contributed by atoms with Crippen LogP contribution < -0.4 is 0 Å². The molecule has 31 heavy (non-hydrogen) atoms. The summed E-state index contributed by atoms with van der Waals surface area (Å²) in [5.41, 5.74) is 6.72. The Morgan fingerprint density at radius 3 is 2.42 bits per heavy atom. The van der Waals surface area contributed by atoms with Gasteiger partial charge in [-0.25, -0.2) is 4.98 Å². The molecule has 0 bridgehead atoms. The number of fused-ring (bicyclic) bond motifs is 3. The first-order valence-corrected chi connectivity index (χ1v) is 10.8. The third-order valence-electron chi connectivity index (χ3n) is 6.23. The van der Waals surface area contributed by atoms with Gasteiger partial charge in [-0.1, -0.05) is 70.2 Å². The maximum atomic E-state index is 6.36. The SMILES string of the molecule is CC(C)c1ccnc(-c2cccc3c2oc2nc(C(C)(C)c4ccccc4)ccc23)c1. The van der Waals surface area contributed by atoms with E-state index in [1.807, 2.05) is 12.3 Å². The maximum absolute atomic E-state index is 6.36. The monoisotopic (exact) mass is 406 g/mol. The van der Waals surface area contributed by atoms with Gasteiger partial charge < -0.3 is 4.42 Å². The average Bonchev–Trinajstić information content (AvgIpc) is 3.17. The Balaban J connectivity index is 1.67. The maximum Gasteiger partial charge on any atom is 0.227 e. The van der Waals surface area contributed by atoms with E-state index in [1.54, 1.807) is 0 Å². The minimum absolute atomic E-state index is 0.218. The van der Waals surface area contributed by atoms with Gasteiger partial charge in [-0.05, 0) is 47.4 Å². The zero-order valence-electron chi connectivity index (χ0n) is 18.4. The molecule has 3 heterocycles. The van der Waals surface area contributed by atoms with Crippen molar-refractivity contribution in [3.05, 3.63) is 95.8 Å². The molecule has 0 spiro atoms. The number of hydrogen-bond acceptors (Lipinski definition) is 3. The van der Waals surface area contributed by atoms with Crippen LogP contribution in [0.1, 0.15) is 50.4 Å². The molecule has 5 rings (SSSR count). The minimum atomic E-state index is -0.218. The van der Waals surface area contributed by atoms with E-state index in [1.165, 1.54) is 11.1 Å². The number of benzene rings is 2. The van der Waals surface area contributed by atoms with Crippen LogP contribution >= 0.6 is 0 Å². The molecular formula is C28H26N2O. The van der Waals surface area contributed by atoms with Gasteiger partial charge in [0.2, 0.25) is 5.71 Å². The lowest BCUT2D eigenvalue weighted by Gasteiger charge is -2.24. The van der Waals surface area contributed by atoms with E-state index < -0.39 is 0 Å². The zero-order valence-corrected chi connectivity index (χ0v) is 18.4. The van der Waals surface area contributed by atoms with E-state index in [-0.39, 0.29) is 5.41 Å². The van der Waals surface area contributed by atoms with Gasteiger partial charge in [-0.3, -0.25) is 4.98 Å². The van der Waals surface area contributed by atoms with Gasteiger partial charge in [0.25, 0.3) is 0 Å². The lowest BCUT2D eigenvalue weighted by atomic mass is 9.81. The summed E-state index contributed by atoms with van der Waals surface area (Å²) in [4.78, 5) is 9.58. The first kappa shape index (κ1) is 19.5. The van der Waals surface area contributed by atoms with Crippen LogP contribution in [0.4, 0.5) is 0 Å². The molecule has 0 fully saturated rings. The standard InChI is InChI=1S/C28H26N2O/c1-18(2)19-15-16-29-24(17-19)23-12-8-11-21-22-13-14-25(30-27(22)31-26(21)23)28(3,4)20-9-6-5-7-10-20/h5-18H,1-4H3. The summed E-state index contributed by atoms with van der Waals surface area (Å²) in [7, 11) is 0. The molecule has 154 valence electrons. The van der Waals surface area contributed by atoms with Gasteiger partial charge in [0, 0.05) is 27.9 Å². The van der Waals surface area contributed by atoms with E-state index in [2.05, 4.69) is 99.4 Å². The normalized spacial score (nSPS) is 12.2. The molecule has 0 amide bonds. The molecule has 0 atom stereocenters. The number of nitrogens with zero attached hydrogens (tertiary/aromatic N) is 2. The summed E-state index contributed by atoms with van der Waals surface area (Å²) in [5, 5.41) is 2.10. The number of aromatic nitrogens is 2. The quantitative estimate of drug-likeness (QED) is 0.310. The fourth-order valence-electron chi connectivity index (χ4n) is 4.18. The Morgan fingerprint density at radius 2 is 1.65 bits per heavy atom. The smallest absolute Gasteiger partial charge is 0.227 e. The van der Waals surface area contributed by atoms with E-state index in [4.69, 9.17) is 9.40 Å². The second-order valence-electron chi connectivity index (χ2n) is 8.95. The topological polar surface area (TPSA) is 38.9 Å². The van der Waals surface area contributed by atoms with Gasteiger partial charge in [0.05, 0.1) is 11.4 Å². The highest BCUT2D eigenvalue weighted by molar-refractivity contribution is 6.08. The lowest BCUT2D eigenvalue weighted by Crippen LogP contribution is -2.20. The Bertz CT molecular complexity index is 1380. The Labute approximate surface area is 182 Å². The van der Waals surface area contributed by atoms with Crippen LogP contribution in [-0.2, 0) is 5.41 Å². The van der Waals surface area contributed by atoms with Crippen molar-refractivity contribution < 1.29 is 4.42 Å². The predicted octanol–water partition coefficient (Wildman–Crippen LogP) is 7.49. The van der Waals surface area contributed by atoms with Crippen LogP contribution in [0.2, 0.25) is 0 Å². The van der Waals surface area contributed by atoms with Gasteiger partial charge in [0.1, 0.15) is 5.58 Å². The lowest BCUT2D eigenvalue weighted by molar-refractivity contribution is 0.601. The van der Waals surface area contributed by atoms with Gasteiger partial charge in [-0.15, -0.1) is 0 Å². The second-order valence-corrected chi connectivity index (χ2v) is 8.95. The van der Waals surface area contributed by atoms with Crippen molar-refractivity contribution in [1.82, 2.24) is 9.97 Å². The fraction of sp³-hybridized carbons (Fsp3) is 0.214. The van der Waals surface area contributed by atoms with Crippen LogP contribution in [0.5, 0.6) is 0 Å². The van der Waals surface area contributed by atoms with Crippen molar-refractivity contribution in [3.63, 3.8) is 0 Å². The van der Waals surface area contributed by atoms with Crippen molar-refractivity contribution in [3.8, 4) is 11.3 Å². The van der Waals surface area contributed by atoms with Crippen LogP contribution in [0.15, 0.2) is 83.4 Å². The molecule has 3 nitrogen and oxygen atoms in total. The molecule has 3 aromatic heterocycles. The second kappa shape index (κ2) is 7.35. The molecule has 0 aliphatic heterocycles. The molecule has 0 saturated carbocycles. The molecule has 2 aromatic carbocycles. The van der Waals surface area contributed by atoms with Crippen molar-refractivity contribution >= 4 is 22.1 Å². The Kier molecular flexibility index (Phi) is 4.62. The summed E-state index contributed by atoms with van der Waals surface area (Å²) in [6.07, 6.45) is 1.88. The highest BCUT2D eigenvalue weighted by Crippen LogP contribution is 2.37. The van der Waals surface area contributed by atoms with Crippen LogP contribution in [0.25, 0.3) is 33.3 Å². The summed E-state index contributed by atoms with van der Waals surface area (Å²) in [6.45, 7) is 8.79. The van der Waals surface area contributed by atoms with Gasteiger partial charge in [-0.2, -0.15) is 0 Å². The van der Waals surface area contributed by atoms with Crippen LogP contribution in [-0.4, -0.2) is 9.97 Å². The predicted molar refractivity (Wildman–Crippen MR) is 127 cm³/mol. The third kappa shape index (κ3) is 3.31. The largest absolute Gasteiger partial charge is 0.437 e. The number of hydrogen-bond donors (Lipinski definition) is 0. The van der Waals surface area contributed by atoms with E-state index in [9.17, 15) is 0 Å². The third-order valence-corrected chi connectivity index (χ3v) is 6.23. The van der Waals surface area contributed by atoms with Crippen molar-refractivity contribution in [2.45, 2.75) is 39.0 Å². The summed E-state index contributed by atoms with van der Waals surface area (Å²) in [5.74, 6) is 0.445. The van der Waals surface area contributed by atoms with Crippen molar-refractivity contribution in [1.29, 1.82) is 0 Å². The van der Waals surface area contributed by atoms with Crippen molar-refractivity contribution in [2.24, 2.45) is 0 Å². The van der Waals surface area contributed by atoms with Crippen LogP contribution in [0, 0.1) is 0 Å². The highest BCUT2D eigenvalue weighted by Gasteiger charge is 2.26. The number of rotatable bonds is 4. The molecule has 0 aliphatic rings. The van der Waals surface area contributed by atoms with Gasteiger partial charge in [0.15, 0.2) is 0 Å². The summed E-state index contributed by atoms with van der Waals surface area (Å²) >= 11 is 0. The molecule has 0 saturated heterocycles. The Morgan fingerprint density at radius 1 is 0.839 bits per heavy atom. The van der Waals surface area contributed by atoms with E-state index >= 15 is 0 Å². The number of furan rings is 1. The first-order chi connectivity index (χ1) is 14.9. The molecule has 0 aliphatic carbocycles. The minimum Gasteiger partial charge on any atom is -0.437 e. The number of para-hydroxylation sites is 1. The van der Waals surface area contributed by atoms with Crippen molar-refractivity contribution in [2.75, 3.05) is 0 Å². The number of pyridine rings is 2.